The van der Waals surface area contributed by atoms with Gasteiger partial charge in [-0.15, -0.1) is 12.4 Å². The Hall–Kier alpha value is -3.86. The number of carbonyl (C=O) groups excluding carboxylic acids is 1. The number of aromatic nitrogens is 1. The number of nitrogens with one attached hydrogen (secondary N) is 1. The fraction of sp³-hybridized carbons (Fsp3) is 0.276. The van der Waals surface area contributed by atoms with Gasteiger partial charge in [-0.2, -0.15) is 0 Å². The zero-order valence-corrected chi connectivity index (χ0v) is 23.8. The highest BCUT2D eigenvalue weighted by molar-refractivity contribution is 7.22. The van der Waals surface area contributed by atoms with Crippen LogP contribution in [0.1, 0.15) is 10.4 Å². The van der Waals surface area contributed by atoms with Crippen LogP contribution in [0.25, 0.3) is 32.0 Å². The summed E-state index contributed by atoms with van der Waals surface area (Å²) in [4.78, 5) is 34.8. The van der Waals surface area contributed by atoms with Crippen molar-refractivity contribution in [2.75, 3.05) is 58.4 Å². The molecule has 5 aromatic rings. The zero-order chi connectivity index (χ0) is 26.9. The molecule has 0 bridgehead atoms. The molecule has 1 aliphatic heterocycles. The van der Waals surface area contributed by atoms with Gasteiger partial charge in [-0.05, 0) is 35.0 Å². The quantitative estimate of drug-likeness (QED) is 0.221. The topological polar surface area (TPSA) is 97.1 Å². The maximum absolute atomic E-state index is 12.9. The number of halogens is 1. The molecule has 1 aliphatic rings. The van der Waals surface area contributed by atoms with Crippen LogP contribution in [0.3, 0.4) is 0 Å². The Morgan fingerprint density at radius 1 is 1.00 bits per heavy atom. The summed E-state index contributed by atoms with van der Waals surface area (Å²) in [5, 5.41) is 6.55. The molecule has 0 radical (unpaired) electrons. The molecule has 208 valence electrons. The van der Waals surface area contributed by atoms with Crippen LogP contribution >= 0.6 is 23.7 Å². The van der Waals surface area contributed by atoms with Gasteiger partial charge in [-0.3, -0.25) is 9.69 Å². The van der Waals surface area contributed by atoms with E-state index in [9.17, 15) is 9.59 Å². The number of rotatable bonds is 7. The van der Waals surface area contributed by atoms with E-state index in [1.54, 1.807) is 37.7 Å². The predicted octanol–water partition coefficient (Wildman–Crippen LogP) is 4.55. The van der Waals surface area contributed by atoms with Gasteiger partial charge in [0, 0.05) is 44.7 Å². The first-order valence-electron chi connectivity index (χ1n) is 12.8. The highest BCUT2D eigenvalue weighted by Crippen LogP contribution is 2.40. The number of hydrogen-bond donors (Lipinski definition) is 1. The molecule has 0 saturated carbocycles. The number of thiazole rings is 1. The molecule has 3 heterocycles. The van der Waals surface area contributed by atoms with Crippen molar-refractivity contribution in [3.63, 3.8) is 0 Å². The van der Waals surface area contributed by atoms with E-state index in [1.807, 2.05) is 42.5 Å². The average molecular weight is 581 g/mol. The van der Waals surface area contributed by atoms with Crippen molar-refractivity contribution in [2.24, 2.45) is 0 Å². The van der Waals surface area contributed by atoms with Gasteiger partial charge in [-0.1, -0.05) is 41.7 Å². The van der Waals surface area contributed by atoms with Crippen molar-refractivity contribution in [1.29, 1.82) is 0 Å². The van der Waals surface area contributed by atoms with Crippen LogP contribution < -0.4 is 25.3 Å². The smallest absolute Gasteiger partial charge is 0.349 e. The van der Waals surface area contributed by atoms with Crippen LogP contribution in [0.15, 0.2) is 63.8 Å². The Labute approximate surface area is 240 Å². The van der Waals surface area contributed by atoms with E-state index in [1.165, 1.54) is 0 Å². The molecule has 11 heteroatoms. The minimum Gasteiger partial charge on any atom is -0.495 e. The molecule has 1 amide bonds. The Morgan fingerprint density at radius 3 is 2.52 bits per heavy atom. The zero-order valence-electron chi connectivity index (χ0n) is 22.1. The Morgan fingerprint density at radius 2 is 1.75 bits per heavy atom. The number of nitrogens with zero attached hydrogens (tertiary/aromatic N) is 3. The fourth-order valence-corrected chi connectivity index (χ4v) is 6.15. The summed E-state index contributed by atoms with van der Waals surface area (Å²) in [6, 6.07) is 16.9. The van der Waals surface area contributed by atoms with E-state index in [-0.39, 0.29) is 18.0 Å². The van der Waals surface area contributed by atoms with Crippen molar-refractivity contribution in [3.8, 4) is 11.5 Å². The largest absolute Gasteiger partial charge is 0.495 e. The van der Waals surface area contributed by atoms with Crippen LogP contribution in [0.2, 0.25) is 0 Å². The summed E-state index contributed by atoms with van der Waals surface area (Å²) in [6.07, 6.45) is 0. The van der Waals surface area contributed by atoms with Gasteiger partial charge >= 0.3 is 5.63 Å². The lowest BCUT2D eigenvalue weighted by molar-refractivity contribution is 0.0944. The number of hydrogen-bond acceptors (Lipinski definition) is 9. The number of ether oxygens (including phenoxy) is 2. The highest BCUT2D eigenvalue weighted by Gasteiger charge is 2.22. The average Bonchev–Trinajstić information content (AvgIpc) is 3.42. The number of piperazine rings is 1. The van der Waals surface area contributed by atoms with Gasteiger partial charge in [0.25, 0.3) is 5.91 Å². The summed E-state index contributed by atoms with van der Waals surface area (Å²) < 4.78 is 17.5. The van der Waals surface area contributed by atoms with Crippen LogP contribution in [0, 0.1) is 0 Å². The lowest BCUT2D eigenvalue weighted by Crippen LogP contribution is -2.48. The van der Waals surface area contributed by atoms with Crippen molar-refractivity contribution >= 4 is 66.7 Å². The van der Waals surface area contributed by atoms with Crippen LogP contribution in [-0.4, -0.2) is 69.3 Å². The monoisotopic (exact) mass is 580 g/mol. The molecule has 0 spiro atoms. The number of benzene rings is 3. The summed E-state index contributed by atoms with van der Waals surface area (Å²) in [7, 11) is 3.30. The second-order valence-corrected chi connectivity index (χ2v) is 10.4. The SMILES string of the molecule is COc1ccc(OC)c2sc(N3CCN(CCNC(=O)c4cc5c(ccc6ccccc65)oc4=O)CC3)nc12.Cl. The van der Waals surface area contributed by atoms with Gasteiger partial charge in [-0.25, -0.2) is 9.78 Å². The molecule has 0 unspecified atom stereocenters. The third kappa shape index (κ3) is 5.17. The number of amides is 1. The number of fused-ring (bicyclic) bond motifs is 4. The molecule has 3 aromatic carbocycles. The van der Waals surface area contributed by atoms with Gasteiger partial charge in [0.1, 0.15) is 32.9 Å². The van der Waals surface area contributed by atoms with Gasteiger partial charge in [0.2, 0.25) is 0 Å². The van der Waals surface area contributed by atoms with E-state index in [2.05, 4.69) is 15.1 Å². The van der Waals surface area contributed by atoms with Gasteiger partial charge < -0.3 is 24.1 Å². The third-order valence-corrected chi connectivity index (χ3v) is 8.27. The highest BCUT2D eigenvalue weighted by atomic mass is 35.5. The van der Waals surface area contributed by atoms with Crippen molar-refractivity contribution in [3.05, 3.63) is 70.6 Å². The maximum atomic E-state index is 12.9. The summed E-state index contributed by atoms with van der Waals surface area (Å²) in [5.41, 5.74) is 0.671. The molecule has 1 N–H and O–H groups in total. The lowest BCUT2D eigenvalue weighted by Gasteiger charge is -2.34. The van der Waals surface area contributed by atoms with Crippen molar-refractivity contribution in [2.45, 2.75) is 0 Å². The summed E-state index contributed by atoms with van der Waals surface area (Å²) >= 11 is 1.60. The molecule has 9 nitrogen and oxygen atoms in total. The van der Waals surface area contributed by atoms with Crippen LogP contribution in [0.4, 0.5) is 5.13 Å². The predicted molar refractivity (Wildman–Crippen MR) is 161 cm³/mol. The van der Waals surface area contributed by atoms with Crippen molar-refractivity contribution in [1.82, 2.24) is 15.2 Å². The lowest BCUT2D eigenvalue weighted by atomic mass is 10.0. The second kappa shape index (κ2) is 11.7. The molecule has 6 rings (SSSR count). The van der Waals surface area contributed by atoms with E-state index in [0.717, 1.165) is 69.2 Å². The third-order valence-electron chi connectivity index (χ3n) is 7.14. The first-order valence-corrected chi connectivity index (χ1v) is 13.6. The molecule has 40 heavy (non-hydrogen) atoms. The second-order valence-electron chi connectivity index (χ2n) is 9.37. The minimum atomic E-state index is -0.631. The van der Waals surface area contributed by atoms with E-state index in [0.29, 0.717) is 18.7 Å². The molecule has 2 aromatic heterocycles. The Bertz CT molecular complexity index is 1700. The molecular formula is C29H29ClN4O5S. The number of methoxy groups -OCH3 is 2. The Kier molecular flexibility index (Phi) is 8.11. The normalized spacial score (nSPS) is 13.9. The first-order chi connectivity index (χ1) is 19.1. The van der Waals surface area contributed by atoms with Crippen LogP contribution in [-0.2, 0) is 0 Å². The molecule has 1 fully saturated rings. The first kappa shape index (κ1) is 27.7. The molecular weight excluding hydrogens is 552 g/mol. The summed E-state index contributed by atoms with van der Waals surface area (Å²) in [5.74, 6) is 1.10. The summed E-state index contributed by atoms with van der Waals surface area (Å²) in [6.45, 7) is 4.43. The Balaban J connectivity index is 0.00000323. The molecule has 0 atom stereocenters. The standard InChI is InChI=1S/C29H28N4O5S.ClH/c1-36-23-9-10-24(37-2)26-25(23)31-29(39-26)33-15-13-32(14-16-33)12-11-30-27(34)21-17-20-19-6-4-3-5-18(19)7-8-22(20)38-28(21)35;/h3-10,17H,11-16H2,1-2H3,(H,30,34);1H. The van der Waals surface area contributed by atoms with Crippen LogP contribution in [0.5, 0.6) is 11.5 Å². The van der Waals surface area contributed by atoms with Crippen molar-refractivity contribution < 1.29 is 18.7 Å². The maximum Gasteiger partial charge on any atom is 0.349 e. The number of carbonyl (C=O) groups is 1. The molecule has 0 aliphatic carbocycles. The van der Waals surface area contributed by atoms with Gasteiger partial charge in [0.05, 0.1) is 14.2 Å². The van der Waals surface area contributed by atoms with Gasteiger partial charge in [0.15, 0.2) is 5.13 Å². The molecule has 1 saturated heterocycles. The fourth-order valence-electron chi connectivity index (χ4n) is 5.02. The van der Waals surface area contributed by atoms with E-state index < -0.39 is 11.5 Å². The van der Waals surface area contributed by atoms with E-state index >= 15 is 0 Å². The van der Waals surface area contributed by atoms with E-state index in [4.69, 9.17) is 18.9 Å². The minimum absolute atomic E-state index is 0. The number of anilines is 1.